The van der Waals surface area contributed by atoms with E-state index >= 15 is 0 Å². The summed E-state index contributed by atoms with van der Waals surface area (Å²) in [4.78, 5) is 23.6. The van der Waals surface area contributed by atoms with E-state index in [-0.39, 0.29) is 6.42 Å². The summed E-state index contributed by atoms with van der Waals surface area (Å²) < 4.78 is 10.5. The lowest BCUT2D eigenvalue weighted by Crippen LogP contribution is -2.57. The van der Waals surface area contributed by atoms with Gasteiger partial charge in [0.1, 0.15) is 12.2 Å². The van der Waals surface area contributed by atoms with Crippen molar-refractivity contribution in [3.05, 3.63) is 40.4 Å². The molecule has 0 heterocycles. The number of benzene rings is 1. The van der Waals surface area contributed by atoms with Crippen LogP contribution in [-0.4, -0.2) is 58.3 Å². The summed E-state index contributed by atoms with van der Waals surface area (Å²) in [5.41, 5.74) is -1.26. The zero-order chi connectivity index (χ0) is 18.6. The Morgan fingerprint density at radius 2 is 1.88 bits per heavy atom. The Morgan fingerprint density at radius 3 is 2.48 bits per heavy atom. The van der Waals surface area contributed by atoms with Crippen LogP contribution in [0, 0.1) is 0 Å². The summed E-state index contributed by atoms with van der Waals surface area (Å²) in [6, 6.07) is 7.18. The van der Waals surface area contributed by atoms with Gasteiger partial charge in [-0.3, -0.25) is 0 Å². The second-order valence-corrected chi connectivity index (χ2v) is 6.77. The molecule has 0 radical (unpaired) electrons. The van der Waals surface area contributed by atoms with Gasteiger partial charge in [-0.1, -0.05) is 28.1 Å². The van der Waals surface area contributed by atoms with Crippen LogP contribution in [0.15, 0.2) is 34.8 Å². The van der Waals surface area contributed by atoms with Crippen molar-refractivity contribution < 1.29 is 34.4 Å². The van der Waals surface area contributed by atoms with Crippen molar-refractivity contribution in [2.45, 2.75) is 36.8 Å². The van der Waals surface area contributed by atoms with Crippen molar-refractivity contribution in [1.82, 2.24) is 0 Å². The van der Waals surface area contributed by atoms with Crippen molar-refractivity contribution in [2.75, 3.05) is 7.11 Å². The molecule has 1 aliphatic carbocycles. The molecule has 1 saturated carbocycles. The molecule has 0 saturated heterocycles. The topological polar surface area (TPSA) is 113 Å². The van der Waals surface area contributed by atoms with E-state index in [1.807, 2.05) is 12.1 Å². The molecule has 0 bridgehead atoms. The van der Waals surface area contributed by atoms with E-state index in [9.17, 15) is 24.9 Å². The molecule has 4 atom stereocenters. The maximum atomic E-state index is 11.9. The predicted molar refractivity (Wildman–Crippen MR) is 91.3 cm³/mol. The van der Waals surface area contributed by atoms with Crippen LogP contribution in [-0.2, 0) is 19.1 Å². The molecule has 1 aromatic rings. The van der Waals surface area contributed by atoms with E-state index in [0.717, 1.165) is 23.2 Å². The zero-order valence-electron chi connectivity index (χ0n) is 13.5. The van der Waals surface area contributed by atoms with Gasteiger partial charge in [-0.2, -0.15) is 0 Å². The zero-order valence-corrected chi connectivity index (χ0v) is 15.0. The van der Waals surface area contributed by atoms with E-state index in [1.165, 1.54) is 6.08 Å². The first-order chi connectivity index (χ1) is 11.7. The normalized spacial score (nSPS) is 29.4. The lowest BCUT2D eigenvalue weighted by Gasteiger charge is -2.39. The van der Waals surface area contributed by atoms with Crippen LogP contribution in [0.4, 0.5) is 0 Å². The molecule has 1 aromatic carbocycles. The second kappa shape index (κ2) is 8.09. The largest absolute Gasteiger partial charge is 0.467 e. The van der Waals surface area contributed by atoms with Crippen molar-refractivity contribution in [3.63, 3.8) is 0 Å². The van der Waals surface area contributed by atoms with E-state index < -0.39 is 42.3 Å². The Kier molecular flexibility index (Phi) is 6.34. The average Bonchev–Trinajstić information content (AvgIpc) is 2.58. The summed E-state index contributed by atoms with van der Waals surface area (Å²) in [6.45, 7) is 0. The molecular formula is C17H19BrO7. The van der Waals surface area contributed by atoms with Gasteiger partial charge in [0.15, 0.2) is 5.60 Å². The fraction of sp³-hybridized carbons (Fsp3) is 0.412. The quantitative estimate of drug-likeness (QED) is 0.492. The number of rotatable bonds is 4. The van der Waals surface area contributed by atoms with Gasteiger partial charge in [-0.05, 0) is 23.8 Å². The van der Waals surface area contributed by atoms with Crippen molar-refractivity contribution in [3.8, 4) is 0 Å². The van der Waals surface area contributed by atoms with Gasteiger partial charge in [-0.15, -0.1) is 0 Å². The van der Waals surface area contributed by atoms with Crippen LogP contribution in [0.5, 0.6) is 0 Å². The maximum absolute atomic E-state index is 11.9. The number of aliphatic hydroxyl groups excluding tert-OH is 2. The van der Waals surface area contributed by atoms with Gasteiger partial charge in [0.05, 0.1) is 13.2 Å². The van der Waals surface area contributed by atoms with Crippen LogP contribution in [0.3, 0.4) is 0 Å². The van der Waals surface area contributed by atoms with Gasteiger partial charge < -0.3 is 24.8 Å². The molecule has 3 N–H and O–H groups in total. The Bertz CT molecular complexity index is 657. The molecule has 136 valence electrons. The lowest BCUT2D eigenvalue weighted by atomic mass is 9.79. The number of halogens is 1. The van der Waals surface area contributed by atoms with Crippen LogP contribution in [0.2, 0.25) is 0 Å². The minimum absolute atomic E-state index is 0.365. The Hall–Kier alpha value is -1.74. The summed E-state index contributed by atoms with van der Waals surface area (Å²) in [7, 11) is 1.10. The van der Waals surface area contributed by atoms with E-state index in [4.69, 9.17) is 4.74 Å². The standard InChI is InChI=1S/C17H19BrO7/c1-24-16(22)17(23)8-12(19)15(21)13(9-17)25-14(20)7-4-10-2-5-11(18)6-3-10/h2-7,12-13,15,19,21,23H,8-9H2,1H3/b7-4+/t12-,13-,15-,17+/m1/s1. The van der Waals surface area contributed by atoms with Crippen LogP contribution in [0.25, 0.3) is 6.08 Å². The molecular weight excluding hydrogens is 396 g/mol. The Morgan fingerprint density at radius 1 is 1.24 bits per heavy atom. The van der Waals surface area contributed by atoms with Gasteiger partial charge >= 0.3 is 11.9 Å². The van der Waals surface area contributed by atoms with Crippen LogP contribution in [0.1, 0.15) is 18.4 Å². The number of methoxy groups -OCH3 is 1. The highest BCUT2D eigenvalue weighted by Crippen LogP contribution is 2.32. The number of aliphatic hydroxyl groups is 3. The number of hydrogen-bond donors (Lipinski definition) is 3. The molecule has 0 aromatic heterocycles. The van der Waals surface area contributed by atoms with Gasteiger partial charge in [0, 0.05) is 23.4 Å². The summed E-state index contributed by atoms with van der Waals surface area (Å²) in [5, 5.41) is 30.1. The predicted octanol–water partition coefficient (Wildman–Crippen LogP) is 0.794. The summed E-state index contributed by atoms with van der Waals surface area (Å²) >= 11 is 3.30. The maximum Gasteiger partial charge on any atom is 0.338 e. The first-order valence-corrected chi connectivity index (χ1v) is 8.35. The molecule has 2 rings (SSSR count). The Balaban J connectivity index is 2.04. The molecule has 25 heavy (non-hydrogen) atoms. The average molecular weight is 415 g/mol. The number of carbonyl (C=O) groups is 2. The molecule has 0 spiro atoms. The molecule has 7 nitrogen and oxygen atoms in total. The fourth-order valence-electron chi connectivity index (χ4n) is 2.65. The first kappa shape index (κ1) is 19.6. The minimum Gasteiger partial charge on any atom is -0.467 e. The number of carbonyl (C=O) groups excluding carboxylic acids is 2. The highest BCUT2D eigenvalue weighted by Gasteiger charge is 2.50. The SMILES string of the molecule is COC(=O)[C@]1(O)C[C@@H](O)[C@@H](O)[C@H](OC(=O)/C=C/c2ccc(Br)cc2)C1. The van der Waals surface area contributed by atoms with E-state index in [2.05, 4.69) is 20.7 Å². The number of ether oxygens (including phenoxy) is 2. The third-order valence-corrected chi connectivity index (χ3v) is 4.50. The molecule has 0 amide bonds. The third kappa shape index (κ3) is 4.88. The van der Waals surface area contributed by atoms with Gasteiger partial charge in [-0.25, -0.2) is 9.59 Å². The van der Waals surface area contributed by atoms with Crippen LogP contribution < -0.4 is 0 Å². The number of esters is 2. The molecule has 0 aliphatic heterocycles. The monoisotopic (exact) mass is 414 g/mol. The van der Waals surface area contributed by atoms with Crippen LogP contribution >= 0.6 is 15.9 Å². The van der Waals surface area contributed by atoms with Crippen molar-refractivity contribution in [1.29, 1.82) is 0 Å². The summed E-state index contributed by atoms with van der Waals surface area (Å²) in [5.74, 6) is -1.72. The second-order valence-electron chi connectivity index (χ2n) is 5.85. The minimum atomic E-state index is -2.02. The fourth-order valence-corrected chi connectivity index (χ4v) is 2.91. The smallest absolute Gasteiger partial charge is 0.338 e. The van der Waals surface area contributed by atoms with E-state index in [1.54, 1.807) is 12.1 Å². The Labute approximate surface area is 153 Å². The highest BCUT2D eigenvalue weighted by molar-refractivity contribution is 9.10. The van der Waals surface area contributed by atoms with Crippen molar-refractivity contribution in [2.24, 2.45) is 0 Å². The molecule has 1 fully saturated rings. The van der Waals surface area contributed by atoms with Crippen molar-refractivity contribution >= 4 is 33.9 Å². The van der Waals surface area contributed by atoms with E-state index in [0.29, 0.717) is 0 Å². The molecule has 8 heteroatoms. The first-order valence-electron chi connectivity index (χ1n) is 7.56. The van der Waals surface area contributed by atoms with Gasteiger partial charge in [0.25, 0.3) is 0 Å². The lowest BCUT2D eigenvalue weighted by molar-refractivity contribution is -0.198. The summed E-state index contributed by atoms with van der Waals surface area (Å²) in [6.07, 6.45) is -2.16. The van der Waals surface area contributed by atoms with Gasteiger partial charge in [0.2, 0.25) is 0 Å². The highest BCUT2D eigenvalue weighted by atomic mass is 79.9. The third-order valence-electron chi connectivity index (χ3n) is 3.98. The number of hydrogen-bond acceptors (Lipinski definition) is 7. The molecule has 0 unspecified atom stereocenters. The molecule has 1 aliphatic rings.